The fraction of sp³-hybridized carbons (Fsp3) is 0. The third-order valence-electron chi connectivity index (χ3n) is 22.1. The van der Waals surface area contributed by atoms with E-state index in [1.54, 1.807) is 0 Å². The van der Waals surface area contributed by atoms with Crippen LogP contribution in [0.2, 0.25) is 0 Å². The molecule has 7 heteroatoms. The molecule has 0 amide bonds. The van der Waals surface area contributed by atoms with E-state index in [1.165, 1.54) is 93.3 Å². The van der Waals surface area contributed by atoms with Crippen LogP contribution in [0.5, 0.6) is 0 Å². The smallest absolute Gasteiger partial charge is 0.235 e. The Bertz CT molecular complexity index is 6750. The van der Waals surface area contributed by atoms with Gasteiger partial charge in [0.1, 0.15) is 5.82 Å². The maximum absolute atomic E-state index is 5.32. The normalized spacial score (nSPS) is 11.6. The Morgan fingerprint density at radius 3 is 0.750 bits per heavy atom. The molecule has 0 N–H and O–H groups in total. The van der Waals surface area contributed by atoms with Crippen molar-refractivity contribution in [2.75, 3.05) is 0 Å². The molecule has 0 saturated heterocycles. The van der Waals surface area contributed by atoms with Crippen LogP contribution in [0.15, 0.2) is 419 Å². The van der Waals surface area contributed by atoms with Crippen LogP contribution in [0.4, 0.5) is 0 Å². The molecule has 0 aliphatic heterocycles. The van der Waals surface area contributed by atoms with Gasteiger partial charge in [0.2, 0.25) is 5.95 Å². The molecule has 0 radical (unpaired) electrons. The van der Waals surface area contributed by atoms with Crippen molar-refractivity contribution in [1.82, 2.24) is 33.2 Å². The number of hydrogen-bond acceptors (Lipinski definition) is 3. The number of fused-ring (bicyclic) bond motifs is 12. The van der Waals surface area contributed by atoms with E-state index in [0.717, 1.165) is 100 Å². The minimum atomic E-state index is 0.648. The zero-order valence-electron chi connectivity index (χ0n) is 61.0. The van der Waals surface area contributed by atoms with Crippen LogP contribution < -0.4 is 0 Å². The first-order valence-electron chi connectivity index (χ1n) is 38.1. The lowest BCUT2D eigenvalue weighted by atomic mass is 10.0. The van der Waals surface area contributed by atoms with E-state index < -0.39 is 0 Å². The Morgan fingerprint density at radius 1 is 0.143 bits per heavy atom. The molecule has 6 aromatic heterocycles. The number of pyridine rings is 1. The molecule has 0 spiro atoms. The Kier molecular flexibility index (Phi) is 16.1. The summed E-state index contributed by atoms with van der Waals surface area (Å²) in [5, 5.41) is 9.67. The summed E-state index contributed by atoms with van der Waals surface area (Å²) in [7, 11) is 0. The van der Waals surface area contributed by atoms with Gasteiger partial charge in [-0.1, -0.05) is 303 Å². The molecular weight excluding hydrogens is 1360 g/mol. The van der Waals surface area contributed by atoms with Gasteiger partial charge < -0.3 is 9.13 Å². The molecule has 0 bridgehead atoms. The second-order valence-corrected chi connectivity index (χ2v) is 28.7. The molecule has 16 aromatic carbocycles. The first-order chi connectivity index (χ1) is 55.5. The van der Waals surface area contributed by atoms with Crippen molar-refractivity contribution < 1.29 is 0 Å². The number of benzene rings is 16. The van der Waals surface area contributed by atoms with Crippen LogP contribution in [0.1, 0.15) is 0 Å². The third kappa shape index (κ3) is 11.6. The van der Waals surface area contributed by atoms with Crippen LogP contribution in [0, 0.1) is 0 Å². The van der Waals surface area contributed by atoms with Crippen LogP contribution in [-0.4, -0.2) is 33.2 Å². The van der Waals surface area contributed by atoms with Crippen molar-refractivity contribution in [2.45, 2.75) is 0 Å². The van der Waals surface area contributed by atoms with Gasteiger partial charge in [0.15, 0.2) is 0 Å². The van der Waals surface area contributed by atoms with Crippen LogP contribution in [-0.2, 0) is 0 Å². The molecule has 0 unspecified atom stereocenters. The summed E-state index contributed by atoms with van der Waals surface area (Å²) in [5.74, 6) is 1.55. The summed E-state index contributed by atoms with van der Waals surface area (Å²) in [6.45, 7) is 0. The standard InChI is InChI=1S/C53H35N3.C52H34N4/c1-4-14-36(15-5-1)38-24-28-43(29-25-38)55-49-22-12-10-20-44(49)46-32-40(26-30-51(46)55)41-27-31-52-47(33-41)45-21-11-13-23-50(45)56(52)53-35-42(37-16-6-2-7-17-37)34-48(54-53)39-18-8-3-9-19-39;1-4-14-35(15-5-1)36-24-28-41(29-25-36)55-48-22-12-10-20-42(48)44-32-39(26-30-50(44)55)40-27-31-51-45(33-40)43-21-11-13-23-49(43)56(51)52-53-46(37-16-6-2-7-17-37)34-47(54-52)38-18-8-3-9-19-38/h1-35H;1-34H. The SMILES string of the molecule is c1ccc(-c2ccc(-n3c4ccccc4c4cc(-c5ccc6c(c5)c5ccccc5n6-c5cc(-c6ccccc6)cc(-c6ccccc6)n5)ccc43)cc2)cc1.c1ccc(-c2ccc(-n3c4ccccc4c4cc(-c5ccc6c(c5)c5ccccc5n6-c5nc(-c6ccccc6)cc(-c6ccccc6)n5)ccc43)cc2)cc1. The largest absolute Gasteiger partial charge is 0.309 e. The van der Waals surface area contributed by atoms with Gasteiger partial charge >= 0.3 is 0 Å². The first kappa shape index (κ1) is 65.3. The highest BCUT2D eigenvalue weighted by molar-refractivity contribution is 6.15. The molecule has 0 aliphatic rings. The van der Waals surface area contributed by atoms with Gasteiger partial charge in [0.25, 0.3) is 0 Å². The van der Waals surface area contributed by atoms with Crippen molar-refractivity contribution in [3.05, 3.63) is 419 Å². The van der Waals surface area contributed by atoms with E-state index in [1.807, 2.05) is 12.1 Å². The van der Waals surface area contributed by atoms with E-state index >= 15 is 0 Å². The quantitative estimate of drug-likeness (QED) is 0.122. The van der Waals surface area contributed by atoms with Gasteiger partial charge in [-0.15, -0.1) is 0 Å². The summed E-state index contributed by atoms with van der Waals surface area (Å²) in [5.41, 5.74) is 29.3. The van der Waals surface area contributed by atoms with Crippen LogP contribution >= 0.6 is 0 Å². The second kappa shape index (κ2) is 27.6. The van der Waals surface area contributed by atoms with Crippen molar-refractivity contribution >= 4 is 87.2 Å². The molecule has 524 valence electrons. The number of rotatable bonds is 12. The minimum absolute atomic E-state index is 0.648. The summed E-state index contributed by atoms with van der Waals surface area (Å²) in [4.78, 5) is 15.7. The monoisotopic (exact) mass is 1430 g/mol. The number of hydrogen-bond donors (Lipinski definition) is 0. The second-order valence-electron chi connectivity index (χ2n) is 28.7. The summed E-state index contributed by atoms with van der Waals surface area (Å²) in [6, 6.07) is 149. The van der Waals surface area contributed by atoms with E-state index in [0.29, 0.717) is 5.95 Å². The van der Waals surface area contributed by atoms with Crippen LogP contribution in [0.25, 0.3) is 200 Å². The zero-order chi connectivity index (χ0) is 74.0. The average Bonchev–Trinajstić information content (AvgIpc) is 1.59. The highest BCUT2D eigenvalue weighted by atomic mass is 15.2. The Labute approximate surface area is 647 Å². The molecule has 0 saturated carbocycles. The van der Waals surface area contributed by atoms with E-state index in [4.69, 9.17) is 15.0 Å². The summed E-state index contributed by atoms with van der Waals surface area (Å²) >= 11 is 0. The van der Waals surface area contributed by atoms with Crippen molar-refractivity contribution in [2.24, 2.45) is 0 Å². The molecule has 22 rings (SSSR count). The fourth-order valence-electron chi connectivity index (χ4n) is 16.7. The Morgan fingerprint density at radius 2 is 0.393 bits per heavy atom. The molecule has 22 aromatic rings. The maximum Gasteiger partial charge on any atom is 0.235 e. The number of aromatic nitrogens is 7. The van der Waals surface area contributed by atoms with Gasteiger partial charge in [-0.05, 0) is 171 Å². The summed E-state index contributed by atoms with van der Waals surface area (Å²) < 4.78 is 9.31. The average molecular weight is 1430 g/mol. The van der Waals surface area contributed by atoms with Gasteiger partial charge in [0.05, 0.1) is 61.2 Å². The minimum Gasteiger partial charge on any atom is -0.309 e. The lowest BCUT2D eigenvalue weighted by Crippen LogP contribution is -2.03. The fourth-order valence-corrected chi connectivity index (χ4v) is 16.7. The molecule has 0 aliphatic carbocycles. The zero-order valence-corrected chi connectivity index (χ0v) is 61.0. The van der Waals surface area contributed by atoms with Gasteiger partial charge in [-0.3, -0.25) is 9.13 Å². The third-order valence-corrected chi connectivity index (χ3v) is 22.1. The lowest BCUT2D eigenvalue weighted by Gasteiger charge is -2.13. The Balaban J connectivity index is 0.000000141. The molecule has 7 nitrogen and oxygen atoms in total. The van der Waals surface area contributed by atoms with Gasteiger partial charge in [-0.25, -0.2) is 15.0 Å². The van der Waals surface area contributed by atoms with E-state index in [-0.39, 0.29) is 0 Å². The van der Waals surface area contributed by atoms with Gasteiger partial charge in [-0.2, -0.15) is 0 Å². The Hall–Kier alpha value is -15.1. The maximum atomic E-state index is 5.32. The highest BCUT2D eigenvalue weighted by Gasteiger charge is 2.22. The summed E-state index contributed by atoms with van der Waals surface area (Å²) in [6.07, 6.45) is 0. The predicted octanol–water partition coefficient (Wildman–Crippen LogP) is 27.3. The topological polar surface area (TPSA) is 58.4 Å². The van der Waals surface area contributed by atoms with Crippen molar-refractivity contribution in [3.63, 3.8) is 0 Å². The number of para-hydroxylation sites is 4. The molecule has 112 heavy (non-hydrogen) atoms. The molecular formula is C105H69N7. The predicted molar refractivity (Wildman–Crippen MR) is 467 cm³/mol. The highest BCUT2D eigenvalue weighted by Crippen LogP contribution is 2.43. The molecule has 6 heterocycles. The van der Waals surface area contributed by atoms with Crippen molar-refractivity contribution in [1.29, 1.82) is 0 Å². The number of nitrogens with zero attached hydrogens (tertiary/aromatic N) is 7. The van der Waals surface area contributed by atoms with E-state index in [2.05, 4.69) is 425 Å². The lowest BCUT2D eigenvalue weighted by molar-refractivity contribution is 0.995. The molecule has 0 atom stereocenters. The van der Waals surface area contributed by atoms with Gasteiger partial charge in [0, 0.05) is 71.2 Å². The van der Waals surface area contributed by atoms with E-state index in [9.17, 15) is 0 Å². The van der Waals surface area contributed by atoms with Crippen LogP contribution in [0.3, 0.4) is 0 Å². The molecule has 0 fully saturated rings. The first-order valence-corrected chi connectivity index (χ1v) is 38.1. The van der Waals surface area contributed by atoms with Crippen molar-refractivity contribution in [3.8, 4) is 113 Å².